The molecule has 2 nitrogen and oxygen atoms in total. The second-order valence-electron chi connectivity index (χ2n) is 7.54. The van der Waals surface area contributed by atoms with Gasteiger partial charge in [0.25, 0.3) is 0 Å². The Hall–Kier alpha value is -1.05. The van der Waals surface area contributed by atoms with Crippen molar-refractivity contribution in [1.29, 1.82) is 0 Å². The van der Waals surface area contributed by atoms with E-state index < -0.39 is 0 Å². The third kappa shape index (κ3) is 1.60. The summed E-state index contributed by atoms with van der Waals surface area (Å²) in [5.74, 6) is 3.16. The summed E-state index contributed by atoms with van der Waals surface area (Å²) in [6.07, 6.45) is 10.4. The summed E-state index contributed by atoms with van der Waals surface area (Å²) in [6.45, 7) is 2.24. The van der Waals surface area contributed by atoms with Crippen molar-refractivity contribution < 1.29 is 9.90 Å². The second-order valence-corrected chi connectivity index (χ2v) is 7.54. The number of hydrogen-bond donors (Lipinski definition) is 1. The number of rotatable bonds is 0. The highest BCUT2D eigenvalue weighted by Crippen LogP contribution is 2.59. The van der Waals surface area contributed by atoms with Crippen LogP contribution in [0.15, 0.2) is 23.0 Å². The Morgan fingerprint density at radius 2 is 2.10 bits per heavy atom. The van der Waals surface area contributed by atoms with E-state index in [-0.39, 0.29) is 5.41 Å². The number of ketones is 1. The minimum absolute atomic E-state index is 0.00806. The topological polar surface area (TPSA) is 37.3 Å². The number of Topliss-reactive ketones (excluding diaryl/α,β-unsaturated/α-hetero) is 1. The zero-order chi connectivity index (χ0) is 13.9. The second kappa shape index (κ2) is 4.22. The Kier molecular flexibility index (Phi) is 2.68. The molecule has 0 radical (unpaired) electrons. The van der Waals surface area contributed by atoms with Crippen LogP contribution in [0.1, 0.15) is 58.3 Å². The zero-order valence-electron chi connectivity index (χ0n) is 12.3. The standard InChI is InChI=1S/C18H24O2/c1-18-9-8-14-13-5-3-12(19)10-11(13)2-4-15(14)16(18)6-7-17(18)20/h3,14-16,19H,2,4-10H2,1H3/t14-,15-,16+,18+/m1/s1. The van der Waals surface area contributed by atoms with Crippen LogP contribution >= 0.6 is 0 Å². The van der Waals surface area contributed by atoms with E-state index in [0.29, 0.717) is 23.4 Å². The third-order valence-electron chi connectivity index (χ3n) is 6.78. The van der Waals surface area contributed by atoms with Gasteiger partial charge in [0.1, 0.15) is 5.78 Å². The molecule has 2 fully saturated rings. The largest absolute Gasteiger partial charge is 0.512 e. The van der Waals surface area contributed by atoms with Crippen LogP contribution in [0.5, 0.6) is 0 Å². The highest BCUT2D eigenvalue weighted by molar-refractivity contribution is 5.87. The van der Waals surface area contributed by atoms with E-state index in [4.69, 9.17) is 0 Å². The molecule has 0 aromatic rings. The molecule has 0 amide bonds. The van der Waals surface area contributed by atoms with E-state index in [9.17, 15) is 9.90 Å². The summed E-state index contributed by atoms with van der Waals surface area (Å²) < 4.78 is 0. The van der Waals surface area contributed by atoms with E-state index in [0.717, 1.165) is 44.4 Å². The molecule has 0 spiro atoms. The predicted octanol–water partition coefficient (Wildman–Crippen LogP) is 4.32. The summed E-state index contributed by atoms with van der Waals surface area (Å²) in [5.41, 5.74) is 3.13. The summed E-state index contributed by atoms with van der Waals surface area (Å²) in [4.78, 5) is 12.3. The maximum absolute atomic E-state index is 12.3. The lowest BCUT2D eigenvalue weighted by Gasteiger charge is -2.49. The van der Waals surface area contributed by atoms with Gasteiger partial charge in [0.15, 0.2) is 0 Å². The predicted molar refractivity (Wildman–Crippen MR) is 78.3 cm³/mol. The first-order valence-corrected chi connectivity index (χ1v) is 8.21. The molecule has 1 N–H and O–H groups in total. The van der Waals surface area contributed by atoms with Crippen molar-refractivity contribution in [2.75, 3.05) is 0 Å². The SMILES string of the molecule is C[C@]12CC[C@@H]3C4=C(CC[C@H]3[C@@H]1CCC2=O)CC(O)=CC4. The molecule has 4 aliphatic carbocycles. The van der Waals surface area contributed by atoms with Crippen LogP contribution in [0, 0.1) is 23.2 Å². The summed E-state index contributed by atoms with van der Waals surface area (Å²) in [7, 11) is 0. The van der Waals surface area contributed by atoms with Crippen molar-refractivity contribution in [2.45, 2.75) is 58.3 Å². The number of aliphatic hydroxyl groups is 1. The van der Waals surface area contributed by atoms with E-state index in [1.807, 2.05) is 6.08 Å². The fraction of sp³-hybridized carbons (Fsp3) is 0.722. The van der Waals surface area contributed by atoms with Crippen LogP contribution in [0.3, 0.4) is 0 Å². The first-order valence-electron chi connectivity index (χ1n) is 8.21. The number of carbonyl (C=O) groups is 1. The maximum atomic E-state index is 12.3. The van der Waals surface area contributed by atoms with Crippen molar-refractivity contribution in [2.24, 2.45) is 23.2 Å². The fourth-order valence-electron chi connectivity index (χ4n) is 5.67. The van der Waals surface area contributed by atoms with Gasteiger partial charge in [-0.15, -0.1) is 0 Å². The monoisotopic (exact) mass is 272 g/mol. The van der Waals surface area contributed by atoms with Gasteiger partial charge < -0.3 is 5.11 Å². The Bertz CT molecular complexity index is 528. The lowest BCUT2D eigenvalue weighted by molar-refractivity contribution is -0.129. The summed E-state index contributed by atoms with van der Waals surface area (Å²) >= 11 is 0. The Balaban J connectivity index is 1.66. The van der Waals surface area contributed by atoms with Crippen LogP contribution in [0.25, 0.3) is 0 Å². The van der Waals surface area contributed by atoms with Crippen LogP contribution < -0.4 is 0 Å². The Morgan fingerprint density at radius 1 is 1.25 bits per heavy atom. The van der Waals surface area contributed by atoms with Crippen LogP contribution in [-0.2, 0) is 4.79 Å². The van der Waals surface area contributed by atoms with Crippen molar-refractivity contribution in [3.05, 3.63) is 23.0 Å². The number of aliphatic hydroxyl groups excluding tert-OH is 1. The molecular weight excluding hydrogens is 248 g/mol. The molecule has 0 saturated heterocycles. The van der Waals surface area contributed by atoms with Gasteiger partial charge in [-0.2, -0.15) is 0 Å². The quantitative estimate of drug-likeness (QED) is 0.667. The molecule has 0 unspecified atom stereocenters. The molecule has 2 heteroatoms. The molecule has 0 aromatic heterocycles. The van der Waals surface area contributed by atoms with Gasteiger partial charge in [-0.1, -0.05) is 18.1 Å². The molecular formula is C18H24O2. The number of hydrogen-bond acceptors (Lipinski definition) is 2. The fourth-order valence-corrected chi connectivity index (χ4v) is 5.67. The molecule has 20 heavy (non-hydrogen) atoms. The third-order valence-corrected chi connectivity index (χ3v) is 6.78. The molecule has 2 saturated carbocycles. The molecule has 4 rings (SSSR count). The van der Waals surface area contributed by atoms with Crippen molar-refractivity contribution in [1.82, 2.24) is 0 Å². The first-order chi connectivity index (χ1) is 9.59. The van der Waals surface area contributed by atoms with E-state index in [1.165, 1.54) is 18.4 Å². The zero-order valence-corrected chi connectivity index (χ0v) is 12.3. The van der Waals surface area contributed by atoms with Crippen molar-refractivity contribution in [3.63, 3.8) is 0 Å². The Labute approximate surface area is 120 Å². The van der Waals surface area contributed by atoms with Crippen molar-refractivity contribution >= 4 is 5.78 Å². The molecule has 108 valence electrons. The van der Waals surface area contributed by atoms with Gasteiger partial charge in [-0.05, 0) is 62.4 Å². The van der Waals surface area contributed by atoms with Crippen molar-refractivity contribution in [3.8, 4) is 0 Å². The minimum atomic E-state index is -0.00806. The van der Waals surface area contributed by atoms with Gasteiger partial charge in [0, 0.05) is 18.3 Å². The average molecular weight is 272 g/mol. The summed E-state index contributed by atoms with van der Waals surface area (Å²) in [5, 5.41) is 9.75. The maximum Gasteiger partial charge on any atom is 0.139 e. The van der Waals surface area contributed by atoms with Gasteiger partial charge in [-0.3, -0.25) is 4.79 Å². The first kappa shape index (κ1) is 12.7. The van der Waals surface area contributed by atoms with Gasteiger partial charge >= 0.3 is 0 Å². The van der Waals surface area contributed by atoms with Gasteiger partial charge in [0.05, 0.1) is 5.76 Å². The molecule has 0 aromatic carbocycles. The molecule has 0 bridgehead atoms. The average Bonchev–Trinajstić information content (AvgIpc) is 2.74. The normalized spacial score (nSPS) is 43.8. The lowest BCUT2D eigenvalue weighted by atomic mass is 9.55. The van der Waals surface area contributed by atoms with Crippen LogP contribution in [-0.4, -0.2) is 10.9 Å². The van der Waals surface area contributed by atoms with E-state index in [1.54, 1.807) is 5.57 Å². The molecule has 4 atom stereocenters. The van der Waals surface area contributed by atoms with Crippen LogP contribution in [0.4, 0.5) is 0 Å². The van der Waals surface area contributed by atoms with Gasteiger partial charge in [-0.25, -0.2) is 0 Å². The molecule has 0 heterocycles. The number of allylic oxidation sites excluding steroid dienone is 3. The molecule has 4 aliphatic rings. The number of carbonyl (C=O) groups excluding carboxylic acids is 1. The lowest BCUT2D eigenvalue weighted by Crippen LogP contribution is -2.43. The highest BCUT2D eigenvalue weighted by atomic mass is 16.3. The highest BCUT2D eigenvalue weighted by Gasteiger charge is 2.54. The number of fused-ring (bicyclic) bond motifs is 4. The molecule has 0 aliphatic heterocycles. The van der Waals surface area contributed by atoms with Crippen LogP contribution in [0.2, 0.25) is 0 Å². The Morgan fingerprint density at radius 3 is 2.95 bits per heavy atom. The van der Waals surface area contributed by atoms with E-state index in [2.05, 4.69) is 6.92 Å². The van der Waals surface area contributed by atoms with Gasteiger partial charge in [0.2, 0.25) is 0 Å². The summed E-state index contributed by atoms with van der Waals surface area (Å²) in [6, 6.07) is 0. The van der Waals surface area contributed by atoms with E-state index >= 15 is 0 Å². The minimum Gasteiger partial charge on any atom is -0.512 e. The smallest absolute Gasteiger partial charge is 0.139 e.